The minimum atomic E-state index is -0.0705. The number of hydrogen-bond acceptors (Lipinski definition) is 3. The van der Waals surface area contributed by atoms with Crippen LogP contribution < -0.4 is 5.32 Å². The number of aromatic nitrogens is 1. The lowest BCUT2D eigenvalue weighted by molar-refractivity contribution is 0.156. The summed E-state index contributed by atoms with van der Waals surface area (Å²) in [5.74, 6) is 0. The van der Waals surface area contributed by atoms with Gasteiger partial charge in [-0.3, -0.25) is 4.98 Å². The molecule has 2 amide bonds. The van der Waals surface area contributed by atoms with Gasteiger partial charge in [0.05, 0.1) is 17.6 Å². The van der Waals surface area contributed by atoms with Crippen molar-refractivity contribution >= 4 is 11.7 Å². The zero-order valence-corrected chi connectivity index (χ0v) is 14.3. The van der Waals surface area contributed by atoms with E-state index in [0.29, 0.717) is 6.04 Å². The van der Waals surface area contributed by atoms with Crippen LogP contribution in [0.4, 0.5) is 10.5 Å². The topological polar surface area (TPSA) is 48.5 Å². The van der Waals surface area contributed by atoms with Crippen LogP contribution in [0.25, 0.3) is 11.3 Å². The summed E-state index contributed by atoms with van der Waals surface area (Å²) in [6.07, 6.45) is 3.75. The van der Waals surface area contributed by atoms with E-state index in [0.717, 1.165) is 42.9 Å². The Morgan fingerprint density at radius 2 is 1.92 bits per heavy atom. The zero-order chi connectivity index (χ0) is 16.9. The van der Waals surface area contributed by atoms with Crippen LogP contribution in [0, 0.1) is 0 Å². The highest BCUT2D eigenvalue weighted by Gasteiger charge is 2.23. The highest BCUT2D eigenvalue weighted by atomic mass is 16.2. The molecular weight excluding hydrogens is 300 g/mol. The maximum absolute atomic E-state index is 12.4. The number of nitrogens with zero attached hydrogens (tertiary/aromatic N) is 3. The lowest BCUT2D eigenvalue weighted by Gasteiger charge is -2.35. The van der Waals surface area contributed by atoms with Crippen molar-refractivity contribution in [3.05, 3.63) is 48.7 Å². The molecule has 1 aromatic heterocycles. The normalized spacial score (nSPS) is 15.9. The van der Waals surface area contributed by atoms with Crippen molar-refractivity contribution < 1.29 is 6.22 Å². The van der Waals surface area contributed by atoms with E-state index in [1.807, 2.05) is 54.4 Å². The predicted molar refractivity (Wildman–Crippen MR) is 99.1 cm³/mol. The number of piperidine rings is 1. The maximum Gasteiger partial charge on any atom is 0.321 e. The van der Waals surface area contributed by atoms with Gasteiger partial charge in [-0.15, -0.1) is 0 Å². The zero-order valence-electron chi connectivity index (χ0n) is 14.3. The van der Waals surface area contributed by atoms with Gasteiger partial charge in [-0.2, -0.15) is 0 Å². The second-order valence-electron chi connectivity index (χ2n) is 6.37. The fourth-order valence-electron chi connectivity index (χ4n) is 3.01. The Morgan fingerprint density at radius 3 is 2.54 bits per heavy atom. The van der Waals surface area contributed by atoms with Gasteiger partial charge in [0, 0.05) is 20.1 Å². The van der Waals surface area contributed by atoms with Gasteiger partial charge >= 0.3 is 6.03 Å². The Labute approximate surface area is 144 Å². The SMILES string of the molecule is CN1CCC(N(C)C(=O)Nc2ccc(-c3ccccc3)nc2)CC1.[2HH]. The van der Waals surface area contributed by atoms with Crippen LogP contribution in [-0.2, 0) is 0 Å². The van der Waals surface area contributed by atoms with Gasteiger partial charge in [0.15, 0.2) is 0 Å². The summed E-state index contributed by atoms with van der Waals surface area (Å²) in [4.78, 5) is 21.0. The Kier molecular flexibility index (Phi) is 5.11. The van der Waals surface area contributed by atoms with Crippen molar-refractivity contribution in [1.29, 1.82) is 0 Å². The number of pyridine rings is 1. The van der Waals surface area contributed by atoms with Crippen molar-refractivity contribution in [2.24, 2.45) is 0 Å². The van der Waals surface area contributed by atoms with E-state index in [1.54, 1.807) is 6.20 Å². The number of hydrogen-bond donors (Lipinski definition) is 1. The third kappa shape index (κ3) is 3.92. The molecule has 1 fully saturated rings. The Morgan fingerprint density at radius 1 is 1.21 bits per heavy atom. The number of urea groups is 1. The molecular formula is C19H26N4O. The first-order valence-corrected chi connectivity index (χ1v) is 8.37. The number of carbonyl (C=O) groups excluding carboxylic acids is 1. The van der Waals surface area contributed by atoms with Crippen LogP contribution >= 0.6 is 0 Å². The average molecular weight is 327 g/mol. The predicted octanol–water partition coefficient (Wildman–Crippen LogP) is 3.55. The molecule has 0 spiro atoms. The van der Waals surface area contributed by atoms with Gasteiger partial charge in [0.1, 0.15) is 0 Å². The molecule has 0 aliphatic carbocycles. The van der Waals surface area contributed by atoms with E-state index in [2.05, 4.69) is 22.2 Å². The number of anilines is 1. The van der Waals surface area contributed by atoms with Crippen molar-refractivity contribution in [1.82, 2.24) is 14.8 Å². The molecule has 2 aromatic rings. The highest BCUT2D eigenvalue weighted by molar-refractivity contribution is 5.89. The van der Waals surface area contributed by atoms with E-state index in [9.17, 15) is 4.79 Å². The number of amides is 2. The Bertz CT molecular complexity index is 670. The average Bonchev–Trinajstić information content (AvgIpc) is 2.63. The van der Waals surface area contributed by atoms with Crippen LogP contribution in [0.5, 0.6) is 0 Å². The molecule has 3 rings (SSSR count). The lowest BCUT2D eigenvalue weighted by Crippen LogP contribution is -2.46. The first-order valence-electron chi connectivity index (χ1n) is 8.37. The van der Waals surface area contributed by atoms with Gasteiger partial charge in [0.2, 0.25) is 0 Å². The molecule has 5 heteroatoms. The molecule has 128 valence electrons. The van der Waals surface area contributed by atoms with E-state index < -0.39 is 0 Å². The van der Waals surface area contributed by atoms with Crippen LogP contribution in [0.3, 0.4) is 0 Å². The van der Waals surface area contributed by atoms with Gasteiger partial charge in [-0.1, -0.05) is 30.3 Å². The number of nitrogens with one attached hydrogen (secondary N) is 1. The first-order chi connectivity index (χ1) is 11.6. The maximum atomic E-state index is 12.4. The number of likely N-dealkylation sites (tertiary alicyclic amines) is 1. The molecule has 1 aliphatic rings. The minimum Gasteiger partial charge on any atom is -0.325 e. The molecule has 1 N–H and O–H groups in total. The summed E-state index contributed by atoms with van der Waals surface area (Å²) < 4.78 is 0. The highest BCUT2D eigenvalue weighted by Crippen LogP contribution is 2.19. The van der Waals surface area contributed by atoms with Gasteiger partial charge in [-0.25, -0.2) is 4.79 Å². The first kappa shape index (κ1) is 16.5. The van der Waals surface area contributed by atoms with Crippen molar-refractivity contribution in [3.8, 4) is 11.3 Å². The van der Waals surface area contributed by atoms with Crippen molar-refractivity contribution in [2.75, 3.05) is 32.5 Å². The van der Waals surface area contributed by atoms with Gasteiger partial charge < -0.3 is 15.1 Å². The number of benzene rings is 1. The van der Waals surface area contributed by atoms with Crippen molar-refractivity contribution in [3.63, 3.8) is 0 Å². The number of rotatable bonds is 3. The van der Waals surface area contributed by atoms with E-state index >= 15 is 0 Å². The molecule has 0 radical (unpaired) electrons. The Hall–Kier alpha value is -2.40. The van der Waals surface area contributed by atoms with Crippen LogP contribution in [0.15, 0.2) is 48.7 Å². The van der Waals surface area contributed by atoms with Crippen LogP contribution in [-0.4, -0.2) is 54.0 Å². The van der Waals surface area contributed by atoms with Gasteiger partial charge in [0.25, 0.3) is 0 Å². The second-order valence-corrected chi connectivity index (χ2v) is 6.37. The number of carbonyl (C=O) groups is 1. The molecule has 1 aromatic carbocycles. The minimum absolute atomic E-state index is 0. The fraction of sp³-hybridized carbons (Fsp3) is 0.368. The molecule has 1 aliphatic heterocycles. The van der Waals surface area contributed by atoms with Crippen LogP contribution in [0.2, 0.25) is 0 Å². The summed E-state index contributed by atoms with van der Waals surface area (Å²) in [6, 6.07) is 14.1. The third-order valence-corrected chi connectivity index (χ3v) is 4.64. The quantitative estimate of drug-likeness (QED) is 0.938. The fourth-order valence-corrected chi connectivity index (χ4v) is 3.01. The van der Waals surface area contributed by atoms with E-state index in [1.165, 1.54) is 0 Å². The summed E-state index contributed by atoms with van der Waals surface area (Å²) >= 11 is 0. The molecule has 0 atom stereocenters. The molecule has 2 heterocycles. The molecule has 1 saturated heterocycles. The summed E-state index contributed by atoms with van der Waals surface area (Å²) in [5, 5.41) is 2.94. The van der Waals surface area contributed by atoms with Crippen LogP contribution in [0.1, 0.15) is 14.3 Å². The summed E-state index contributed by atoms with van der Waals surface area (Å²) in [5.41, 5.74) is 2.69. The monoisotopic (exact) mass is 327 g/mol. The summed E-state index contributed by atoms with van der Waals surface area (Å²) in [6.45, 7) is 2.07. The second kappa shape index (κ2) is 7.45. The molecule has 5 nitrogen and oxygen atoms in total. The lowest BCUT2D eigenvalue weighted by atomic mass is 10.0. The summed E-state index contributed by atoms with van der Waals surface area (Å²) in [7, 11) is 3.99. The largest absolute Gasteiger partial charge is 0.325 e. The van der Waals surface area contributed by atoms with E-state index in [4.69, 9.17) is 0 Å². The van der Waals surface area contributed by atoms with E-state index in [-0.39, 0.29) is 7.46 Å². The molecule has 24 heavy (non-hydrogen) atoms. The molecule has 0 saturated carbocycles. The molecule has 0 bridgehead atoms. The Balaban J connectivity index is 0.00000225. The smallest absolute Gasteiger partial charge is 0.321 e. The molecule has 0 unspecified atom stereocenters. The standard InChI is InChI=1S/C19H24N4O.H2/c1-22-12-10-17(11-13-22)23(2)19(24)21-16-8-9-18(20-14-16)15-6-4-3-5-7-15;/h3-9,14,17H,10-13H2,1-2H3,(H,21,24);1H/i;1+1. The van der Waals surface area contributed by atoms with Gasteiger partial charge in [-0.05, 0) is 45.1 Å². The third-order valence-electron chi connectivity index (χ3n) is 4.64. The van der Waals surface area contributed by atoms with Crippen molar-refractivity contribution in [2.45, 2.75) is 18.9 Å².